The number of rotatable bonds is 5. The highest BCUT2D eigenvalue weighted by atomic mass is 32.1. The molecule has 2 heterocycles. The highest BCUT2D eigenvalue weighted by molar-refractivity contribution is 7.10. The van der Waals surface area contributed by atoms with E-state index in [1.54, 1.807) is 24.7 Å². The first-order valence-electron chi connectivity index (χ1n) is 5.87. The predicted molar refractivity (Wildman–Crippen MR) is 74.8 cm³/mol. The van der Waals surface area contributed by atoms with Crippen molar-refractivity contribution in [1.29, 1.82) is 0 Å². The van der Waals surface area contributed by atoms with E-state index >= 15 is 0 Å². The van der Waals surface area contributed by atoms with Gasteiger partial charge in [-0.25, -0.2) is 0 Å². The molecule has 0 fully saturated rings. The lowest BCUT2D eigenvalue weighted by molar-refractivity contribution is -0.116. The fourth-order valence-corrected chi connectivity index (χ4v) is 2.53. The first-order valence-corrected chi connectivity index (χ1v) is 6.75. The number of hydrogen-bond acceptors (Lipinski definition) is 4. The Bertz CT molecular complexity index is 557. The summed E-state index contributed by atoms with van der Waals surface area (Å²) in [5, 5.41) is 14.5. The minimum Gasteiger partial charge on any atom is -0.472 e. The van der Waals surface area contributed by atoms with Crippen LogP contribution in [-0.4, -0.2) is 17.6 Å². The van der Waals surface area contributed by atoms with Gasteiger partial charge in [0.2, 0.25) is 5.91 Å². The Morgan fingerprint density at radius 1 is 1.58 bits per heavy atom. The van der Waals surface area contributed by atoms with Crippen LogP contribution in [-0.2, 0) is 4.79 Å². The van der Waals surface area contributed by atoms with Gasteiger partial charge < -0.3 is 14.8 Å². The molecule has 2 N–H and O–H groups in total. The van der Waals surface area contributed by atoms with Crippen LogP contribution in [0.3, 0.4) is 0 Å². The quantitative estimate of drug-likeness (QED) is 0.825. The standard InChI is InChI=1S/C14H15NO3S/c1-10-5-7-19-14(10)12(16)8-15-13(17)3-2-11-4-6-18-9-11/h2-7,9,12,16H,8H2,1H3,(H,15,17)/b3-2+/t12-/m1/s1. The van der Waals surface area contributed by atoms with Crippen LogP contribution >= 0.6 is 11.3 Å². The van der Waals surface area contributed by atoms with Crippen LogP contribution in [0.25, 0.3) is 6.08 Å². The summed E-state index contributed by atoms with van der Waals surface area (Å²) in [5.41, 5.74) is 1.87. The van der Waals surface area contributed by atoms with Crippen molar-refractivity contribution < 1.29 is 14.3 Å². The average molecular weight is 277 g/mol. The zero-order chi connectivity index (χ0) is 13.7. The van der Waals surface area contributed by atoms with Gasteiger partial charge in [0.1, 0.15) is 6.10 Å². The van der Waals surface area contributed by atoms with Gasteiger partial charge in [-0.15, -0.1) is 11.3 Å². The van der Waals surface area contributed by atoms with Gasteiger partial charge in [0.25, 0.3) is 0 Å². The highest BCUT2D eigenvalue weighted by Crippen LogP contribution is 2.22. The highest BCUT2D eigenvalue weighted by Gasteiger charge is 2.12. The second-order valence-corrected chi connectivity index (χ2v) is 5.07. The minimum atomic E-state index is -0.661. The average Bonchev–Trinajstić information content (AvgIpc) is 3.04. The molecule has 0 unspecified atom stereocenters. The Hall–Kier alpha value is -1.85. The molecule has 0 aliphatic rings. The molecule has 1 amide bonds. The lowest BCUT2D eigenvalue weighted by atomic mass is 10.2. The molecular weight excluding hydrogens is 262 g/mol. The second kappa shape index (κ2) is 6.36. The Kier molecular flexibility index (Phi) is 4.54. The maximum atomic E-state index is 11.6. The van der Waals surface area contributed by atoms with Crippen LogP contribution in [0.1, 0.15) is 22.1 Å². The summed E-state index contributed by atoms with van der Waals surface area (Å²) in [5.74, 6) is -0.241. The summed E-state index contributed by atoms with van der Waals surface area (Å²) in [6, 6.07) is 3.71. The molecule has 4 nitrogen and oxygen atoms in total. The number of thiophene rings is 1. The molecule has 100 valence electrons. The van der Waals surface area contributed by atoms with E-state index in [4.69, 9.17) is 4.42 Å². The number of furan rings is 1. The molecular formula is C14H15NO3S. The second-order valence-electron chi connectivity index (χ2n) is 4.12. The van der Waals surface area contributed by atoms with Gasteiger partial charge in [0.15, 0.2) is 0 Å². The molecule has 2 rings (SSSR count). The molecule has 0 bridgehead atoms. The number of aliphatic hydroxyl groups excluding tert-OH is 1. The fourth-order valence-electron chi connectivity index (χ4n) is 1.62. The van der Waals surface area contributed by atoms with Crippen LogP contribution in [0.5, 0.6) is 0 Å². The van der Waals surface area contributed by atoms with Gasteiger partial charge in [0, 0.05) is 23.1 Å². The van der Waals surface area contributed by atoms with Crippen molar-refractivity contribution in [3.05, 3.63) is 52.1 Å². The van der Waals surface area contributed by atoms with E-state index in [2.05, 4.69) is 5.32 Å². The van der Waals surface area contributed by atoms with E-state index in [1.165, 1.54) is 17.4 Å². The van der Waals surface area contributed by atoms with E-state index < -0.39 is 6.10 Å². The van der Waals surface area contributed by atoms with Crippen molar-refractivity contribution in [3.63, 3.8) is 0 Å². The van der Waals surface area contributed by atoms with Gasteiger partial charge >= 0.3 is 0 Å². The van der Waals surface area contributed by atoms with E-state index in [0.717, 1.165) is 16.0 Å². The van der Waals surface area contributed by atoms with E-state index in [-0.39, 0.29) is 12.5 Å². The molecule has 0 saturated carbocycles. The molecule has 0 aliphatic heterocycles. The molecule has 1 atom stereocenters. The zero-order valence-electron chi connectivity index (χ0n) is 10.5. The van der Waals surface area contributed by atoms with E-state index in [1.807, 2.05) is 18.4 Å². The molecule has 2 aromatic heterocycles. The number of nitrogens with one attached hydrogen (secondary N) is 1. The lowest BCUT2D eigenvalue weighted by Gasteiger charge is -2.10. The largest absolute Gasteiger partial charge is 0.472 e. The third kappa shape index (κ3) is 3.81. The number of aliphatic hydroxyl groups is 1. The van der Waals surface area contributed by atoms with Crippen molar-refractivity contribution in [3.8, 4) is 0 Å². The van der Waals surface area contributed by atoms with Crippen molar-refractivity contribution >= 4 is 23.3 Å². The SMILES string of the molecule is Cc1ccsc1[C@H](O)CNC(=O)/C=C/c1ccoc1. The van der Waals surface area contributed by atoms with Crippen molar-refractivity contribution in [2.24, 2.45) is 0 Å². The van der Waals surface area contributed by atoms with Crippen LogP contribution in [0.2, 0.25) is 0 Å². The van der Waals surface area contributed by atoms with Crippen molar-refractivity contribution in [2.75, 3.05) is 6.54 Å². The maximum absolute atomic E-state index is 11.6. The third-order valence-corrected chi connectivity index (χ3v) is 3.76. The number of amides is 1. The molecule has 2 aromatic rings. The molecule has 19 heavy (non-hydrogen) atoms. The summed E-state index contributed by atoms with van der Waals surface area (Å²) in [7, 11) is 0. The molecule has 0 aromatic carbocycles. The monoisotopic (exact) mass is 277 g/mol. The molecule has 5 heteroatoms. The number of aryl methyl sites for hydroxylation is 1. The Labute approximate surface area is 115 Å². The molecule has 0 spiro atoms. The first-order chi connectivity index (χ1) is 9.16. The van der Waals surface area contributed by atoms with Crippen molar-refractivity contribution in [1.82, 2.24) is 5.32 Å². The Morgan fingerprint density at radius 2 is 2.42 bits per heavy atom. The summed E-state index contributed by atoms with van der Waals surface area (Å²) >= 11 is 1.49. The maximum Gasteiger partial charge on any atom is 0.244 e. The molecule has 0 radical (unpaired) electrons. The predicted octanol–water partition coefficient (Wildman–Crippen LogP) is 2.51. The third-order valence-electron chi connectivity index (χ3n) is 2.64. The van der Waals surface area contributed by atoms with Gasteiger partial charge in [0.05, 0.1) is 12.5 Å². The molecule has 0 aliphatic carbocycles. The number of carbonyl (C=O) groups excluding carboxylic acids is 1. The van der Waals surface area contributed by atoms with Gasteiger partial charge in [-0.05, 0) is 36.1 Å². The van der Waals surface area contributed by atoms with Crippen molar-refractivity contribution in [2.45, 2.75) is 13.0 Å². The lowest BCUT2D eigenvalue weighted by Crippen LogP contribution is -2.26. The van der Waals surface area contributed by atoms with Crippen LogP contribution in [0, 0.1) is 6.92 Å². The summed E-state index contributed by atoms with van der Waals surface area (Å²) in [6.07, 6.45) is 5.50. The normalized spacial score (nSPS) is 12.7. The first kappa shape index (κ1) is 13.6. The topological polar surface area (TPSA) is 62.5 Å². The number of carbonyl (C=O) groups is 1. The fraction of sp³-hybridized carbons (Fsp3) is 0.214. The zero-order valence-corrected chi connectivity index (χ0v) is 11.3. The summed E-state index contributed by atoms with van der Waals surface area (Å²) < 4.78 is 4.89. The minimum absolute atomic E-state index is 0.204. The van der Waals surface area contributed by atoms with Crippen LogP contribution in [0.4, 0.5) is 0 Å². The van der Waals surface area contributed by atoms with Gasteiger partial charge in [-0.1, -0.05) is 0 Å². The van der Waals surface area contributed by atoms with Crippen LogP contribution < -0.4 is 5.32 Å². The Morgan fingerprint density at radius 3 is 3.05 bits per heavy atom. The Balaban J connectivity index is 1.82. The van der Waals surface area contributed by atoms with Gasteiger partial charge in [-0.2, -0.15) is 0 Å². The smallest absolute Gasteiger partial charge is 0.244 e. The van der Waals surface area contributed by atoms with Crippen LogP contribution in [0.15, 0.2) is 40.5 Å². The molecule has 0 saturated heterocycles. The summed E-state index contributed by atoms with van der Waals surface area (Å²) in [6.45, 7) is 2.14. The van der Waals surface area contributed by atoms with E-state index in [0.29, 0.717) is 0 Å². The van der Waals surface area contributed by atoms with E-state index in [9.17, 15) is 9.90 Å². The number of hydrogen-bond donors (Lipinski definition) is 2. The van der Waals surface area contributed by atoms with Gasteiger partial charge in [-0.3, -0.25) is 4.79 Å². The summed E-state index contributed by atoms with van der Waals surface area (Å²) in [4.78, 5) is 12.4.